The van der Waals surface area contributed by atoms with Gasteiger partial charge in [0.1, 0.15) is 5.82 Å². The topological polar surface area (TPSA) is 57.8 Å². The Labute approximate surface area is 139 Å². The number of hydrogen-bond donors (Lipinski definition) is 2. The molecule has 0 aliphatic rings. The molecule has 1 amide bonds. The minimum Gasteiger partial charge on any atom is -0.342 e. The summed E-state index contributed by atoms with van der Waals surface area (Å²) in [4.78, 5) is 20.4. The minimum absolute atomic E-state index is 0.182. The highest BCUT2D eigenvalue weighted by molar-refractivity contribution is 6.33. The molecular weight excluding hydrogens is 310 g/mol. The van der Waals surface area contributed by atoms with Crippen molar-refractivity contribution in [2.45, 2.75) is 19.9 Å². The van der Waals surface area contributed by atoms with Crippen LogP contribution in [0.5, 0.6) is 0 Å². The van der Waals surface area contributed by atoms with Crippen LogP contribution in [0, 0.1) is 5.92 Å². The van der Waals surface area contributed by atoms with Crippen molar-refractivity contribution in [1.82, 2.24) is 15.3 Å². The third-order valence-corrected chi connectivity index (χ3v) is 4.10. The van der Waals surface area contributed by atoms with Gasteiger partial charge in [-0.05, 0) is 30.2 Å². The van der Waals surface area contributed by atoms with E-state index in [1.807, 2.05) is 38.1 Å². The van der Waals surface area contributed by atoms with Crippen molar-refractivity contribution in [2.24, 2.45) is 5.92 Å². The number of amides is 1. The van der Waals surface area contributed by atoms with Crippen LogP contribution in [0.4, 0.5) is 0 Å². The van der Waals surface area contributed by atoms with Gasteiger partial charge in [0.15, 0.2) is 0 Å². The van der Waals surface area contributed by atoms with Crippen molar-refractivity contribution in [2.75, 3.05) is 0 Å². The molecule has 3 aromatic rings. The first kappa shape index (κ1) is 15.6. The molecule has 118 valence electrons. The number of aromatic amines is 1. The van der Waals surface area contributed by atoms with Crippen LogP contribution in [-0.4, -0.2) is 15.9 Å². The van der Waals surface area contributed by atoms with Crippen LogP contribution in [0.15, 0.2) is 48.5 Å². The van der Waals surface area contributed by atoms with Gasteiger partial charge in [-0.15, -0.1) is 0 Å². The van der Waals surface area contributed by atoms with Gasteiger partial charge in [-0.25, -0.2) is 4.98 Å². The molecule has 1 atom stereocenters. The second-order valence-corrected chi connectivity index (χ2v) is 6.22. The second kappa shape index (κ2) is 6.42. The zero-order chi connectivity index (χ0) is 16.4. The van der Waals surface area contributed by atoms with Crippen LogP contribution in [0.25, 0.3) is 11.0 Å². The van der Waals surface area contributed by atoms with E-state index in [9.17, 15) is 4.79 Å². The second-order valence-electron chi connectivity index (χ2n) is 5.81. The molecule has 5 heteroatoms. The minimum atomic E-state index is -0.217. The average Bonchev–Trinajstić information content (AvgIpc) is 2.96. The van der Waals surface area contributed by atoms with E-state index < -0.39 is 0 Å². The molecule has 0 fully saturated rings. The summed E-state index contributed by atoms with van der Waals surface area (Å²) in [7, 11) is 0. The maximum Gasteiger partial charge on any atom is 0.253 e. The zero-order valence-corrected chi connectivity index (χ0v) is 13.8. The molecule has 0 saturated carbocycles. The van der Waals surface area contributed by atoms with Gasteiger partial charge < -0.3 is 10.3 Å². The normalized spacial score (nSPS) is 12.5. The number of carbonyl (C=O) groups excluding carboxylic acids is 1. The Kier molecular flexibility index (Phi) is 4.35. The average molecular weight is 328 g/mol. The number of fused-ring (bicyclic) bond motifs is 1. The molecule has 1 heterocycles. The van der Waals surface area contributed by atoms with Gasteiger partial charge in [-0.1, -0.05) is 49.7 Å². The monoisotopic (exact) mass is 327 g/mol. The molecular formula is C18H18ClN3O. The van der Waals surface area contributed by atoms with Crippen molar-refractivity contribution < 1.29 is 4.79 Å². The molecule has 0 aliphatic heterocycles. The van der Waals surface area contributed by atoms with Crippen molar-refractivity contribution in [3.05, 3.63) is 64.9 Å². The van der Waals surface area contributed by atoms with Crippen LogP contribution < -0.4 is 5.32 Å². The van der Waals surface area contributed by atoms with Gasteiger partial charge in [0.25, 0.3) is 5.91 Å². The number of rotatable bonds is 4. The van der Waals surface area contributed by atoms with Crippen LogP contribution in [0.3, 0.4) is 0 Å². The molecule has 0 radical (unpaired) electrons. The van der Waals surface area contributed by atoms with Gasteiger partial charge >= 0.3 is 0 Å². The Hall–Kier alpha value is -2.33. The number of benzene rings is 2. The van der Waals surface area contributed by atoms with E-state index >= 15 is 0 Å². The SMILES string of the molecule is CC(C)[C@@H](NC(=O)c1ccccc1Cl)c1nc2ccccc2[nH]1. The number of para-hydroxylation sites is 2. The number of nitrogens with zero attached hydrogens (tertiary/aromatic N) is 1. The predicted molar refractivity (Wildman–Crippen MR) is 92.6 cm³/mol. The van der Waals surface area contributed by atoms with Crippen molar-refractivity contribution in [3.8, 4) is 0 Å². The fraction of sp³-hybridized carbons (Fsp3) is 0.222. The van der Waals surface area contributed by atoms with E-state index in [1.165, 1.54) is 0 Å². The van der Waals surface area contributed by atoms with E-state index in [1.54, 1.807) is 24.3 Å². The maximum absolute atomic E-state index is 12.5. The fourth-order valence-electron chi connectivity index (χ4n) is 2.53. The predicted octanol–water partition coefficient (Wildman–Crippen LogP) is 4.34. The summed E-state index contributed by atoms with van der Waals surface area (Å²) in [6, 6.07) is 14.6. The molecule has 23 heavy (non-hydrogen) atoms. The summed E-state index contributed by atoms with van der Waals surface area (Å²) in [5.41, 5.74) is 2.32. The number of nitrogens with one attached hydrogen (secondary N) is 2. The lowest BCUT2D eigenvalue weighted by Crippen LogP contribution is -2.32. The quantitative estimate of drug-likeness (QED) is 0.748. The Bertz CT molecular complexity index is 808. The molecule has 0 unspecified atom stereocenters. The molecule has 1 aromatic heterocycles. The number of hydrogen-bond acceptors (Lipinski definition) is 2. The largest absolute Gasteiger partial charge is 0.342 e. The van der Waals surface area contributed by atoms with Gasteiger partial charge in [0.2, 0.25) is 0 Å². The zero-order valence-electron chi connectivity index (χ0n) is 13.0. The Morgan fingerprint density at radius 2 is 1.83 bits per heavy atom. The summed E-state index contributed by atoms with van der Waals surface area (Å²) in [6.07, 6.45) is 0. The number of aromatic nitrogens is 2. The van der Waals surface area contributed by atoms with Gasteiger partial charge in [0.05, 0.1) is 27.7 Å². The van der Waals surface area contributed by atoms with Crippen molar-refractivity contribution >= 4 is 28.5 Å². The lowest BCUT2D eigenvalue weighted by Gasteiger charge is -2.20. The van der Waals surface area contributed by atoms with Crippen LogP contribution in [-0.2, 0) is 0 Å². The van der Waals surface area contributed by atoms with Crippen molar-refractivity contribution in [1.29, 1.82) is 0 Å². The Balaban J connectivity index is 1.90. The lowest BCUT2D eigenvalue weighted by molar-refractivity contribution is 0.0923. The van der Waals surface area contributed by atoms with E-state index in [-0.39, 0.29) is 17.9 Å². The highest BCUT2D eigenvalue weighted by Gasteiger charge is 2.23. The Morgan fingerprint density at radius 1 is 1.13 bits per heavy atom. The molecule has 4 nitrogen and oxygen atoms in total. The van der Waals surface area contributed by atoms with E-state index in [0.717, 1.165) is 16.9 Å². The smallest absolute Gasteiger partial charge is 0.253 e. The summed E-state index contributed by atoms with van der Waals surface area (Å²) in [5.74, 6) is 0.735. The number of H-pyrrole nitrogens is 1. The molecule has 0 bridgehead atoms. The van der Waals surface area contributed by atoms with E-state index in [4.69, 9.17) is 11.6 Å². The maximum atomic E-state index is 12.5. The summed E-state index contributed by atoms with van der Waals surface area (Å²) >= 11 is 6.11. The summed E-state index contributed by atoms with van der Waals surface area (Å²) < 4.78 is 0. The number of halogens is 1. The first-order valence-electron chi connectivity index (χ1n) is 7.56. The first-order valence-corrected chi connectivity index (χ1v) is 7.94. The molecule has 2 aromatic carbocycles. The van der Waals surface area contributed by atoms with Gasteiger partial charge in [-0.3, -0.25) is 4.79 Å². The van der Waals surface area contributed by atoms with E-state index in [0.29, 0.717) is 10.6 Å². The third kappa shape index (κ3) is 3.22. The van der Waals surface area contributed by atoms with Crippen molar-refractivity contribution in [3.63, 3.8) is 0 Å². The van der Waals surface area contributed by atoms with Gasteiger partial charge in [-0.2, -0.15) is 0 Å². The van der Waals surface area contributed by atoms with Crippen LogP contribution in [0.2, 0.25) is 5.02 Å². The molecule has 2 N–H and O–H groups in total. The first-order chi connectivity index (χ1) is 11.1. The van der Waals surface area contributed by atoms with Gasteiger partial charge in [0, 0.05) is 0 Å². The number of carbonyl (C=O) groups is 1. The molecule has 0 saturated heterocycles. The molecule has 0 spiro atoms. The van der Waals surface area contributed by atoms with Crippen LogP contribution >= 0.6 is 11.6 Å². The highest BCUT2D eigenvalue weighted by atomic mass is 35.5. The number of imidazole rings is 1. The van der Waals surface area contributed by atoms with E-state index in [2.05, 4.69) is 15.3 Å². The fourth-order valence-corrected chi connectivity index (χ4v) is 2.76. The standard InChI is InChI=1S/C18H18ClN3O/c1-11(2)16(17-20-14-9-5-6-10-15(14)21-17)22-18(23)12-7-3-4-8-13(12)19/h3-11,16H,1-2H3,(H,20,21)(H,22,23)/t16-/m1/s1. The Morgan fingerprint density at radius 3 is 2.52 bits per heavy atom. The lowest BCUT2D eigenvalue weighted by atomic mass is 10.0. The molecule has 0 aliphatic carbocycles. The van der Waals surface area contributed by atoms with Crippen LogP contribution in [0.1, 0.15) is 36.1 Å². The summed E-state index contributed by atoms with van der Waals surface area (Å²) in [5, 5.41) is 3.48. The highest BCUT2D eigenvalue weighted by Crippen LogP contribution is 2.23. The summed E-state index contributed by atoms with van der Waals surface area (Å²) in [6.45, 7) is 4.09. The molecule has 3 rings (SSSR count). The third-order valence-electron chi connectivity index (χ3n) is 3.77.